The predicted molar refractivity (Wildman–Crippen MR) is 88.8 cm³/mol. The standard InChI is InChI=1S/C16H9F9N2O3S/c17-14(18,19)8-5-9(15(20,21)22)7-11(6-8)27-13(28)26-10-1-3-12(4-2-10)31(29,30)16(23,24)25/h1-7H,(H2,26,27,28). The van der Waals surface area contributed by atoms with E-state index in [0.29, 0.717) is 12.1 Å². The van der Waals surface area contributed by atoms with Gasteiger partial charge in [-0.2, -0.15) is 39.5 Å². The highest BCUT2D eigenvalue weighted by molar-refractivity contribution is 7.92. The average molecular weight is 480 g/mol. The van der Waals surface area contributed by atoms with Gasteiger partial charge in [-0.3, -0.25) is 0 Å². The van der Waals surface area contributed by atoms with Gasteiger partial charge in [0.05, 0.1) is 16.0 Å². The number of urea groups is 1. The summed E-state index contributed by atoms with van der Waals surface area (Å²) in [5.74, 6) is 0. The highest BCUT2D eigenvalue weighted by atomic mass is 32.2. The fourth-order valence-electron chi connectivity index (χ4n) is 2.17. The van der Waals surface area contributed by atoms with E-state index in [1.807, 2.05) is 5.32 Å². The van der Waals surface area contributed by atoms with Crippen LogP contribution in [0, 0.1) is 0 Å². The van der Waals surface area contributed by atoms with Gasteiger partial charge in [0.2, 0.25) is 0 Å². The number of hydrogen-bond donors (Lipinski definition) is 2. The molecule has 0 aliphatic carbocycles. The van der Waals surface area contributed by atoms with Crippen molar-refractivity contribution in [2.45, 2.75) is 22.8 Å². The topological polar surface area (TPSA) is 75.3 Å². The summed E-state index contributed by atoms with van der Waals surface area (Å²) >= 11 is 0. The summed E-state index contributed by atoms with van der Waals surface area (Å²) in [7, 11) is -5.65. The Kier molecular flexibility index (Phi) is 6.22. The van der Waals surface area contributed by atoms with Crippen molar-refractivity contribution in [3.05, 3.63) is 53.6 Å². The molecule has 2 N–H and O–H groups in total. The van der Waals surface area contributed by atoms with Crippen LogP contribution >= 0.6 is 0 Å². The van der Waals surface area contributed by atoms with E-state index in [2.05, 4.69) is 0 Å². The molecule has 2 amide bonds. The molecular formula is C16H9F9N2O3S. The van der Waals surface area contributed by atoms with Crippen LogP contribution in [0.15, 0.2) is 47.4 Å². The summed E-state index contributed by atoms with van der Waals surface area (Å²) in [6.45, 7) is 0. The number of rotatable bonds is 3. The smallest absolute Gasteiger partial charge is 0.308 e. The number of carbonyl (C=O) groups excluding carboxylic acids is 1. The first kappa shape index (κ1) is 24.3. The van der Waals surface area contributed by atoms with Crippen molar-refractivity contribution in [1.29, 1.82) is 0 Å². The van der Waals surface area contributed by atoms with Crippen molar-refractivity contribution in [2.75, 3.05) is 10.6 Å². The monoisotopic (exact) mass is 480 g/mol. The summed E-state index contributed by atoms with van der Waals surface area (Å²) in [5, 5.41) is 3.67. The van der Waals surface area contributed by atoms with E-state index in [9.17, 15) is 52.7 Å². The molecule has 0 heterocycles. The summed E-state index contributed by atoms with van der Waals surface area (Å²) in [5.41, 5.74) is -10.1. The molecule has 0 aliphatic heterocycles. The molecule has 2 rings (SSSR count). The SMILES string of the molecule is O=C(Nc1ccc(S(=O)(=O)C(F)(F)F)cc1)Nc1cc(C(F)(F)F)cc(C(F)(F)F)c1. The van der Waals surface area contributed by atoms with Gasteiger partial charge in [-0.05, 0) is 42.5 Å². The van der Waals surface area contributed by atoms with Gasteiger partial charge < -0.3 is 10.6 Å². The van der Waals surface area contributed by atoms with Crippen LogP contribution in [-0.2, 0) is 22.2 Å². The Morgan fingerprint density at radius 3 is 1.48 bits per heavy atom. The first-order valence-corrected chi connectivity index (χ1v) is 9.18. The zero-order valence-corrected chi connectivity index (χ0v) is 15.4. The number of halogens is 9. The molecule has 0 aromatic heterocycles. The lowest BCUT2D eigenvalue weighted by atomic mass is 10.1. The number of benzene rings is 2. The Balaban J connectivity index is 2.23. The number of sulfone groups is 1. The third kappa shape index (κ3) is 5.80. The van der Waals surface area contributed by atoms with Crippen LogP contribution in [0.5, 0.6) is 0 Å². The zero-order chi connectivity index (χ0) is 23.8. The Bertz CT molecular complexity index is 1040. The second-order valence-electron chi connectivity index (χ2n) is 5.85. The number of anilines is 2. The number of alkyl halides is 9. The average Bonchev–Trinajstić information content (AvgIpc) is 2.59. The van der Waals surface area contributed by atoms with E-state index in [4.69, 9.17) is 0 Å². The summed E-state index contributed by atoms with van der Waals surface area (Å²) in [4.78, 5) is 10.7. The van der Waals surface area contributed by atoms with Crippen LogP contribution in [0.4, 0.5) is 55.7 Å². The van der Waals surface area contributed by atoms with Gasteiger partial charge in [-0.25, -0.2) is 13.2 Å². The van der Waals surface area contributed by atoms with E-state index in [1.165, 1.54) is 0 Å². The molecule has 5 nitrogen and oxygen atoms in total. The number of carbonyl (C=O) groups is 1. The lowest BCUT2D eigenvalue weighted by Gasteiger charge is -2.15. The molecule has 0 unspecified atom stereocenters. The van der Waals surface area contributed by atoms with E-state index in [1.54, 1.807) is 5.32 Å². The molecule has 0 saturated carbocycles. The molecule has 170 valence electrons. The minimum Gasteiger partial charge on any atom is -0.308 e. The minimum absolute atomic E-state index is 0.150. The van der Waals surface area contributed by atoms with Gasteiger partial charge in [0.1, 0.15) is 0 Å². The third-order valence-corrected chi connectivity index (χ3v) is 5.07. The molecular weight excluding hydrogens is 471 g/mol. The van der Waals surface area contributed by atoms with E-state index in [-0.39, 0.29) is 23.9 Å². The molecule has 0 bridgehead atoms. The van der Waals surface area contributed by atoms with Crippen molar-refractivity contribution in [3.63, 3.8) is 0 Å². The maximum absolute atomic E-state index is 12.8. The molecule has 0 saturated heterocycles. The maximum atomic E-state index is 12.8. The Labute approximate surface area is 167 Å². The highest BCUT2D eigenvalue weighted by Gasteiger charge is 2.46. The maximum Gasteiger partial charge on any atom is 0.501 e. The Hall–Kier alpha value is -2.97. The molecule has 0 fully saturated rings. The van der Waals surface area contributed by atoms with Crippen LogP contribution in [-0.4, -0.2) is 20.0 Å². The fraction of sp³-hybridized carbons (Fsp3) is 0.188. The zero-order valence-electron chi connectivity index (χ0n) is 14.6. The van der Waals surface area contributed by atoms with Gasteiger partial charge in [0, 0.05) is 11.4 Å². The first-order chi connectivity index (χ1) is 13.9. The molecule has 2 aromatic rings. The van der Waals surface area contributed by atoms with Crippen molar-refractivity contribution in [2.24, 2.45) is 0 Å². The van der Waals surface area contributed by atoms with Gasteiger partial charge in [-0.1, -0.05) is 0 Å². The molecule has 0 spiro atoms. The molecule has 0 aliphatic rings. The first-order valence-electron chi connectivity index (χ1n) is 7.70. The lowest BCUT2D eigenvalue weighted by molar-refractivity contribution is -0.143. The number of hydrogen-bond acceptors (Lipinski definition) is 3. The van der Waals surface area contributed by atoms with Crippen LogP contribution in [0.1, 0.15) is 11.1 Å². The van der Waals surface area contributed by atoms with Crippen molar-refractivity contribution < 1.29 is 52.7 Å². The van der Waals surface area contributed by atoms with Crippen LogP contribution < -0.4 is 10.6 Å². The van der Waals surface area contributed by atoms with Gasteiger partial charge >= 0.3 is 23.9 Å². The van der Waals surface area contributed by atoms with E-state index < -0.39 is 55.4 Å². The van der Waals surface area contributed by atoms with Crippen molar-refractivity contribution in [1.82, 2.24) is 0 Å². The Morgan fingerprint density at radius 2 is 1.10 bits per heavy atom. The lowest BCUT2D eigenvalue weighted by Crippen LogP contribution is -2.23. The van der Waals surface area contributed by atoms with Crippen LogP contribution in [0.25, 0.3) is 0 Å². The second-order valence-corrected chi connectivity index (χ2v) is 7.79. The largest absolute Gasteiger partial charge is 0.501 e. The second kappa shape index (κ2) is 7.94. The van der Waals surface area contributed by atoms with Gasteiger partial charge in [0.15, 0.2) is 0 Å². The normalized spacial score (nSPS) is 13.1. The van der Waals surface area contributed by atoms with E-state index in [0.717, 1.165) is 12.1 Å². The minimum atomic E-state index is -5.65. The van der Waals surface area contributed by atoms with Crippen LogP contribution in [0.2, 0.25) is 0 Å². The number of nitrogens with one attached hydrogen (secondary N) is 2. The van der Waals surface area contributed by atoms with E-state index >= 15 is 0 Å². The third-order valence-electron chi connectivity index (χ3n) is 3.57. The number of amides is 2. The molecule has 0 radical (unpaired) electrons. The fourth-order valence-corrected chi connectivity index (χ4v) is 2.93. The predicted octanol–water partition coefficient (Wildman–Crippen LogP) is 5.66. The quantitative estimate of drug-likeness (QED) is 0.557. The molecule has 31 heavy (non-hydrogen) atoms. The van der Waals surface area contributed by atoms with Crippen LogP contribution in [0.3, 0.4) is 0 Å². The van der Waals surface area contributed by atoms with Crippen molar-refractivity contribution >= 4 is 27.2 Å². The highest BCUT2D eigenvalue weighted by Crippen LogP contribution is 2.37. The van der Waals surface area contributed by atoms with Crippen molar-refractivity contribution in [3.8, 4) is 0 Å². The molecule has 2 aromatic carbocycles. The molecule has 0 atom stereocenters. The molecule has 15 heteroatoms. The Morgan fingerprint density at radius 1 is 0.677 bits per heavy atom. The summed E-state index contributed by atoms with van der Waals surface area (Å²) < 4.78 is 137. The van der Waals surface area contributed by atoms with Gasteiger partial charge in [0.25, 0.3) is 9.84 Å². The van der Waals surface area contributed by atoms with Gasteiger partial charge in [-0.15, -0.1) is 0 Å². The summed E-state index contributed by atoms with van der Waals surface area (Å²) in [6, 6.07) is 1.50. The summed E-state index contributed by atoms with van der Waals surface area (Å²) in [6.07, 6.45) is -10.3.